The van der Waals surface area contributed by atoms with Crippen molar-refractivity contribution in [2.24, 2.45) is 0 Å². The van der Waals surface area contributed by atoms with Crippen LogP contribution >= 0.6 is 11.6 Å². The van der Waals surface area contributed by atoms with E-state index in [4.69, 9.17) is 16.0 Å². The van der Waals surface area contributed by atoms with Crippen molar-refractivity contribution in [3.63, 3.8) is 0 Å². The van der Waals surface area contributed by atoms with E-state index in [0.717, 1.165) is 23.9 Å². The van der Waals surface area contributed by atoms with E-state index < -0.39 is 5.63 Å². The first-order chi connectivity index (χ1) is 11.0. The minimum absolute atomic E-state index is 0.0424. The number of benzene rings is 1. The zero-order valence-corrected chi connectivity index (χ0v) is 14.4. The zero-order chi connectivity index (χ0) is 16.6. The van der Waals surface area contributed by atoms with E-state index in [0.29, 0.717) is 28.8 Å². The van der Waals surface area contributed by atoms with Crippen molar-refractivity contribution < 1.29 is 14.4 Å². The van der Waals surface area contributed by atoms with Crippen molar-refractivity contribution in [2.45, 2.75) is 52.1 Å². The molecule has 2 heterocycles. The zero-order valence-electron chi connectivity index (χ0n) is 13.6. The lowest BCUT2D eigenvalue weighted by Gasteiger charge is -2.32. The van der Waals surface area contributed by atoms with Gasteiger partial charge in [-0.2, -0.15) is 0 Å². The van der Waals surface area contributed by atoms with Crippen molar-refractivity contribution in [1.82, 2.24) is 0 Å². The Balaban J connectivity index is 2.12. The van der Waals surface area contributed by atoms with E-state index >= 15 is 0 Å². The highest BCUT2D eigenvalue weighted by Crippen LogP contribution is 2.35. The Morgan fingerprint density at radius 1 is 1.39 bits per heavy atom. The summed E-state index contributed by atoms with van der Waals surface area (Å²) >= 11 is 6.21. The van der Waals surface area contributed by atoms with Gasteiger partial charge in [0.25, 0.3) is 0 Å². The first kappa shape index (κ1) is 16.3. The maximum atomic E-state index is 11.8. The molecule has 1 aliphatic rings. The predicted octanol–water partition coefficient (Wildman–Crippen LogP) is 2.81. The first-order valence-corrected chi connectivity index (χ1v) is 8.68. The number of piperidine rings is 1. The van der Waals surface area contributed by atoms with E-state index in [1.54, 1.807) is 6.07 Å². The maximum absolute atomic E-state index is 11.8. The van der Waals surface area contributed by atoms with Crippen LogP contribution in [-0.2, 0) is 6.54 Å². The van der Waals surface area contributed by atoms with Gasteiger partial charge < -0.3 is 14.4 Å². The fourth-order valence-corrected chi connectivity index (χ4v) is 3.96. The number of hydrogen-bond donors (Lipinski definition) is 2. The molecule has 0 amide bonds. The second-order valence-corrected chi connectivity index (χ2v) is 6.90. The minimum Gasteiger partial charge on any atom is -0.506 e. The third kappa shape index (κ3) is 3.10. The highest BCUT2D eigenvalue weighted by molar-refractivity contribution is 6.33. The van der Waals surface area contributed by atoms with Gasteiger partial charge in [-0.1, -0.05) is 18.5 Å². The van der Waals surface area contributed by atoms with Crippen molar-refractivity contribution in [2.75, 3.05) is 6.54 Å². The molecule has 1 aromatic heterocycles. The van der Waals surface area contributed by atoms with E-state index in [1.807, 2.05) is 6.92 Å². The summed E-state index contributed by atoms with van der Waals surface area (Å²) in [5, 5.41) is 11.6. The molecular formula is C18H23ClNO3+. The Bertz CT molecular complexity index is 784. The quantitative estimate of drug-likeness (QED) is 0.847. The molecule has 1 aliphatic heterocycles. The molecule has 0 radical (unpaired) electrons. The fraction of sp³-hybridized carbons (Fsp3) is 0.500. The lowest BCUT2D eigenvalue weighted by atomic mass is 9.98. The monoisotopic (exact) mass is 336 g/mol. The summed E-state index contributed by atoms with van der Waals surface area (Å²) in [6.07, 6.45) is 4.76. The third-order valence-corrected chi connectivity index (χ3v) is 5.33. The number of aryl methyl sites for hydroxylation is 1. The number of phenols is 1. The van der Waals surface area contributed by atoms with Crippen LogP contribution in [0.25, 0.3) is 11.0 Å². The van der Waals surface area contributed by atoms with Gasteiger partial charge in [0, 0.05) is 11.5 Å². The summed E-state index contributed by atoms with van der Waals surface area (Å²) in [6, 6.07) is 3.72. The molecule has 124 valence electrons. The first-order valence-electron chi connectivity index (χ1n) is 8.30. The molecule has 2 atom stereocenters. The highest BCUT2D eigenvalue weighted by atomic mass is 35.5. The second-order valence-electron chi connectivity index (χ2n) is 6.50. The van der Waals surface area contributed by atoms with Gasteiger partial charge >= 0.3 is 5.63 Å². The van der Waals surface area contributed by atoms with Crippen molar-refractivity contribution >= 4 is 22.6 Å². The summed E-state index contributed by atoms with van der Waals surface area (Å²) < 4.78 is 5.43. The molecule has 1 saturated heterocycles. The van der Waals surface area contributed by atoms with Gasteiger partial charge in [0.15, 0.2) is 5.58 Å². The Morgan fingerprint density at radius 2 is 2.17 bits per heavy atom. The normalized spacial score (nSPS) is 21.7. The number of likely N-dealkylation sites (tertiary alicyclic amines) is 1. The van der Waals surface area contributed by atoms with E-state index in [2.05, 4.69) is 6.92 Å². The minimum atomic E-state index is -0.390. The van der Waals surface area contributed by atoms with Crippen molar-refractivity contribution in [3.8, 4) is 5.75 Å². The maximum Gasteiger partial charge on any atom is 0.336 e. The molecule has 23 heavy (non-hydrogen) atoms. The van der Waals surface area contributed by atoms with Crippen LogP contribution in [0.4, 0.5) is 0 Å². The Hall–Kier alpha value is -1.52. The number of quaternary nitrogens is 1. The summed E-state index contributed by atoms with van der Waals surface area (Å²) in [5.41, 5.74) is 1.56. The van der Waals surface area contributed by atoms with Gasteiger partial charge in [0.1, 0.15) is 12.3 Å². The van der Waals surface area contributed by atoms with Crippen molar-refractivity contribution in [1.29, 1.82) is 0 Å². The average Bonchev–Trinajstić information content (AvgIpc) is 2.53. The molecule has 4 nitrogen and oxygen atoms in total. The van der Waals surface area contributed by atoms with Gasteiger partial charge in [-0.3, -0.25) is 0 Å². The Morgan fingerprint density at radius 3 is 2.91 bits per heavy atom. The van der Waals surface area contributed by atoms with Crippen LogP contribution in [-0.4, -0.2) is 17.7 Å². The van der Waals surface area contributed by atoms with Gasteiger partial charge in [0.05, 0.1) is 23.2 Å². The molecule has 1 unspecified atom stereocenters. The molecule has 0 spiro atoms. The fourth-order valence-electron chi connectivity index (χ4n) is 3.74. The molecular weight excluding hydrogens is 314 g/mol. The number of rotatable bonds is 3. The van der Waals surface area contributed by atoms with Gasteiger partial charge in [-0.15, -0.1) is 0 Å². The highest BCUT2D eigenvalue weighted by Gasteiger charge is 2.27. The number of halogens is 1. The second kappa shape index (κ2) is 6.54. The molecule has 0 bridgehead atoms. The number of fused-ring (bicyclic) bond motifs is 1. The average molecular weight is 337 g/mol. The van der Waals surface area contributed by atoms with Crippen LogP contribution in [0.2, 0.25) is 5.02 Å². The SMILES string of the molecule is CC[C@@H]1CCCC[NH+]1Cc1c(O)c(Cl)cc2c(C)cc(=O)oc12. The number of aromatic hydroxyl groups is 1. The Kier molecular flexibility index (Phi) is 4.64. The molecule has 0 saturated carbocycles. The molecule has 2 N–H and O–H groups in total. The molecule has 5 heteroatoms. The molecule has 2 aromatic rings. The molecule has 1 aromatic carbocycles. The van der Waals surface area contributed by atoms with Crippen LogP contribution < -0.4 is 10.5 Å². The summed E-state index contributed by atoms with van der Waals surface area (Å²) in [6.45, 7) is 5.77. The van der Waals surface area contributed by atoms with Crippen LogP contribution in [0.1, 0.15) is 43.7 Å². The van der Waals surface area contributed by atoms with E-state index in [-0.39, 0.29) is 5.75 Å². The molecule has 0 aliphatic carbocycles. The topological polar surface area (TPSA) is 54.9 Å². The predicted molar refractivity (Wildman–Crippen MR) is 91.4 cm³/mol. The summed E-state index contributed by atoms with van der Waals surface area (Å²) in [5.74, 6) is 0.0424. The van der Waals surface area contributed by atoms with E-state index in [1.165, 1.54) is 30.2 Å². The smallest absolute Gasteiger partial charge is 0.336 e. The summed E-state index contributed by atoms with van der Waals surface area (Å²) in [7, 11) is 0. The van der Waals surface area contributed by atoms with Gasteiger partial charge in [-0.05, 0) is 44.2 Å². The number of nitrogens with one attached hydrogen (secondary N) is 1. The molecule has 1 fully saturated rings. The standard InChI is InChI=1S/C18H22ClNO3/c1-3-12-6-4-5-7-20(12)10-14-17(22)15(19)9-13-11(2)8-16(21)23-18(13)14/h8-9,12,22H,3-7,10H2,1-2H3/p+1/t12-/m1/s1. The van der Waals surface area contributed by atoms with Crippen LogP contribution in [0.15, 0.2) is 21.3 Å². The van der Waals surface area contributed by atoms with Gasteiger partial charge in [-0.25, -0.2) is 4.79 Å². The lowest BCUT2D eigenvalue weighted by molar-refractivity contribution is -0.944. The van der Waals surface area contributed by atoms with Crippen LogP contribution in [0.5, 0.6) is 5.75 Å². The van der Waals surface area contributed by atoms with Crippen LogP contribution in [0, 0.1) is 6.92 Å². The van der Waals surface area contributed by atoms with E-state index in [9.17, 15) is 9.90 Å². The van der Waals surface area contributed by atoms with Crippen molar-refractivity contribution in [3.05, 3.63) is 38.7 Å². The third-order valence-electron chi connectivity index (χ3n) is 5.04. The number of hydrogen-bond acceptors (Lipinski definition) is 3. The van der Waals surface area contributed by atoms with Gasteiger partial charge in [0.2, 0.25) is 0 Å². The Labute approximate surface area is 140 Å². The lowest BCUT2D eigenvalue weighted by Crippen LogP contribution is -3.15. The molecule has 3 rings (SSSR count). The summed E-state index contributed by atoms with van der Waals surface area (Å²) in [4.78, 5) is 13.2. The largest absolute Gasteiger partial charge is 0.506 e. The number of phenolic OH excluding ortho intramolecular Hbond substituents is 1. The van der Waals surface area contributed by atoms with Crippen LogP contribution in [0.3, 0.4) is 0 Å².